The first-order valence-electron chi connectivity index (χ1n) is 11.7. The van der Waals surface area contributed by atoms with Gasteiger partial charge in [-0.25, -0.2) is 12.8 Å². The topological polar surface area (TPSA) is 86.8 Å². The third kappa shape index (κ3) is 6.87. The highest BCUT2D eigenvalue weighted by Gasteiger charge is 2.33. The molecule has 1 unspecified atom stereocenters. The summed E-state index contributed by atoms with van der Waals surface area (Å²) in [5.74, 6) is -1.43. The Bertz CT molecular complexity index is 1350. The summed E-state index contributed by atoms with van der Waals surface area (Å²) in [6, 6.07) is 17.2. The molecule has 0 fully saturated rings. The highest BCUT2D eigenvalue weighted by Crippen LogP contribution is 2.27. The summed E-state index contributed by atoms with van der Waals surface area (Å²) in [4.78, 5) is 27.8. The van der Waals surface area contributed by atoms with Gasteiger partial charge in [-0.15, -0.1) is 0 Å². The van der Waals surface area contributed by atoms with Crippen molar-refractivity contribution >= 4 is 39.1 Å². The number of nitrogens with one attached hydrogen (secondary N) is 1. The molecule has 3 rings (SSSR count). The Hall–Kier alpha value is -3.43. The number of sulfonamides is 1. The highest BCUT2D eigenvalue weighted by atomic mass is 35.5. The Labute approximate surface area is 221 Å². The van der Waals surface area contributed by atoms with Crippen molar-refractivity contribution in [2.24, 2.45) is 0 Å². The molecule has 0 aliphatic rings. The van der Waals surface area contributed by atoms with Crippen LogP contribution in [0.15, 0.2) is 77.7 Å². The molecule has 10 heteroatoms. The SMILES string of the molecule is CCC(C(=O)NC)N(Cc1ccc(F)cc1)C(=O)CN(c1cccc(Cl)c1)S(=O)(=O)c1ccc(C)cc1. The molecule has 0 aliphatic heterocycles. The van der Waals surface area contributed by atoms with E-state index in [0.29, 0.717) is 10.6 Å². The van der Waals surface area contributed by atoms with Crippen LogP contribution in [0.3, 0.4) is 0 Å². The Morgan fingerprint density at radius 2 is 1.68 bits per heavy atom. The molecule has 0 saturated carbocycles. The second-order valence-electron chi connectivity index (χ2n) is 8.49. The fraction of sp³-hybridized carbons (Fsp3) is 0.259. The smallest absolute Gasteiger partial charge is 0.264 e. The monoisotopic (exact) mass is 545 g/mol. The van der Waals surface area contributed by atoms with E-state index in [-0.39, 0.29) is 23.5 Å². The van der Waals surface area contributed by atoms with E-state index in [0.717, 1.165) is 9.87 Å². The Kier molecular flexibility index (Phi) is 9.29. The molecule has 1 N–H and O–H groups in total. The zero-order valence-corrected chi connectivity index (χ0v) is 22.4. The Morgan fingerprint density at radius 3 is 2.24 bits per heavy atom. The van der Waals surface area contributed by atoms with Gasteiger partial charge in [0, 0.05) is 18.6 Å². The number of aryl methyl sites for hydroxylation is 1. The quantitative estimate of drug-likeness (QED) is 0.405. The minimum Gasteiger partial charge on any atom is -0.357 e. The van der Waals surface area contributed by atoms with Crippen molar-refractivity contribution in [1.29, 1.82) is 0 Å². The van der Waals surface area contributed by atoms with Crippen molar-refractivity contribution in [3.63, 3.8) is 0 Å². The summed E-state index contributed by atoms with van der Waals surface area (Å²) < 4.78 is 41.9. The van der Waals surface area contributed by atoms with E-state index in [1.165, 1.54) is 54.4 Å². The lowest BCUT2D eigenvalue weighted by Crippen LogP contribution is -2.51. The lowest BCUT2D eigenvalue weighted by atomic mass is 10.1. The van der Waals surface area contributed by atoms with Crippen LogP contribution in [0.25, 0.3) is 0 Å². The van der Waals surface area contributed by atoms with Crippen molar-refractivity contribution in [3.05, 3.63) is 94.8 Å². The Balaban J connectivity index is 2.05. The van der Waals surface area contributed by atoms with E-state index in [1.54, 1.807) is 37.3 Å². The molecular weight excluding hydrogens is 517 g/mol. The van der Waals surface area contributed by atoms with Gasteiger partial charge >= 0.3 is 0 Å². The minimum absolute atomic E-state index is 0.00861. The van der Waals surface area contributed by atoms with Gasteiger partial charge in [0.15, 0.2) is 0 Å². The average Bonchev–Trinajstić information content (AvgIpc) is 2.88. The van der Waals surface area contributed by atoms with E-state index < -0.39 is 40.2 Å². The number of hydrogen-bond donors (Lipinski definition) is 1. The van der Waals surface area contributed by atoms with Gasteiger partial charge in [-0.05, 0) is 61.4 Å². The van der Waals surface area contributed by atoms with Crippen LogP contribution >= 0.6 is 11.6 Å². The number of nitrogens with zero attached hydrogens (tertiary/aromatic N) is 2. The molecule has 3 aromatic carbocycles. The molecule has 0 aliphatic carbocycles. The van der Waals surface area contributed by atoms with Crippen LogP contribution in [0.5, 0.6) is 0 Å². The molecule has 2 amide bonds. The fourth-order valence-corrected chi connectivity index (χ4v) is 5.46. The second-order valence-corrected chi connectivity index (χ2v) is 10.8. The molecule has 0 heterocycles. The third-order valence-electron chi connectivity index (χ3n) is 5.88. The molecule has 37 heavy (non-hydrogen) atoms. The van der Waals surface area contributed by atoms with Crippen molar-refractivity contribution in [2.75, 3.05) is 17.9 Å². The maximum atomic E-state index is 13.8. The summed E-state index contributed by atoms with van der Waals surface area (Å²) in [5, 5.41) is 2.86. The molecule has 1 atom stereocenters. The predicted molar refractivity (Wildman–Crippen MR) is 142 cm³/mol. The van der Waals surface area contributed by atoms with Gasteiger partial charge in [0.05, 0.1) is 10.6 Å². The number of halogens is 2. The van der Waals surface area contributed by atoms with Gasteiger partial charge in [0.1, 0.15) is 18.4 Å². The highest BCUT2D eigenvalue weighted by molar-refractivity contribution is 7.92. The van der Waals surface area contributed by atoms with E-state index in [1.807, 2.05) is 6.92 Å². The first-order chi connectivity index (χ1) is 17.6. The molecule has 0 saturated heterocycles. The summed E-state index contributed by atoms with van der Waals surface area (Å²) in [7, 11) is -2.71. The maximum absolute atomic E-state index is 13.8. The minimum atomic E-state index is -4.18. The number of anilines is 1. The van der Waals surface area contributed by atoms with Crippen molar-refractivity contribution in [3.8, 4) is 0 Å². The number of likely N-dealkylation sites (N-methyl/N-ethyl adjacent to an activating group) is 1. The molecule has 7 nitrogen and oxygen atoms in total. The zero-order valence-electron chi connectivity index (χ0n) is 20.8. The maximum Gasteiger partial charge on any atom is 0.264 e. The van der Waals surface area contributed by atoms with E-state index >= 15 is 0 Å². The first kappa shape index (κ1) is 28.1. The number of carbonyl (C=O) groups is 2. The van der Waals surface area contributed by atoms with Crippen molar-refractivity contribution in [1.82, 2.24) is 10.2 Å². The normalized spacial score (nSPS) is 12.0. The molecule has 3 aromatic rings. The number of hydrogen-bond acceptors (Lipinski definition) is 4. The molecule has 196 valence electrons. The van der Waals surface area contributed by atoms with E-state index in [4.69, 9.17) is 11.6 Å². The van der Waals surface area contributed by atoms with Crippen LogP contribution in [0, 0.1) is 12.7 Å². The summed E-state index contributed by atoms with van der Waals surface area (Å²) in [5.41, 5.74) is 1.68. The molecule has 0 bridgehead atoms. The van der Waals surface area contributed by atoms with Gasteiger partial charge in [-0.1, -0.05) is 54.4 Å². The van der Waals surface area contributed by atoms with Crippen LogP contribution in [0.2, 0.25) is 5.02 Å². The summed E-state index contributed by atoms with van der Waals surface area (Å²) >= 11 is 6.16. The van der Waals surface area contributed by atoms with Crippen LogP contribution in [-0.4, -0.2) is 44.8 Å². The predicted octanol–water partition coefficient (Wildman–Crippen LogP) is 4.54. The average molecular weight is 546 g/mol. The van der Waals surface area contributed by atoms with E-state index in [9.17, 15) is 22.4 Å². The van der Waals surface area contributed by atoms with Gasteiger partial charge in [0.25, 0.3) is 10.0 Å². The van der Waals surface area contributed by atoms with Crippen LogP contribution < -0.4 is 9.62 Å². The van der Waals surface area contributed by atoms with Crippen LogP contribution in [-0.2, 0) is 26.2 Å². The van der Waals surface area contributed by atoms with Crippen molar-refractivity contribution in [2.45, 2.75) is 37.8 Å². The van der Waals surface area contributed by atoms with Crippen LogP contribution in [0.4, 0.5) is 10.1 Å². The number of amides is 2. The number of rotatable bonds is 10. The van der Waals surface area contributed by atoms with Gasteiger partial charge in [-0.2, -0.15) is 0 Å². The van der Waals surface area contributed by atoms with Gasteiger partial charge < -0.3 is 10.2 Å². The standard InChI is InChI=1S/C27H29ClFN3O4S/c1-4-25(27(34)30-3)31(17-20-10-12-22(29)13-11-20)26(33)18-32(23-7-5-6-21(28)16-23)37(35,36)24-14-8-19(2)9-15-24/h5-16,25H,4,17-18H2,1-3H3,(H,30,34). The largest absolute Gasteiger partial charge is 0.357 e. The molecule has 0 aromatic heterocycles. The molecule has 0 spiro atoms. The van der Waals surface area contributed by atoms with Gasteiger partial charge in [-0.3, -0.25) is 13.9 Å². The van der Waals surface area contributed by atoms with E-state index in [2.05, 4.69) is 5.32 Å². The number of carbonyl (C=O) groups excluding carboxylic acids is 2. The Morgan fingerprint density at radius 1 is 1.03 bits per heavy atom. The molecule has 0 radical (unpaired) electrons. The zero-order chi connectivity index (χ0) is 27.2. The van der Waals surface area contributed by atoms with Crippen LogP contribution in [0.1, 0.15) is 24.5 Å². The third-order valence-corrected chi connectivity index (χ3v) is 7.91. The van der Waals surface area contributed by atoms with Crippen molar-refractivity contribution < 1.29 is 22.4 Å². The summed E-state index contributed by atoms with van der Waals surface area (Å²) in [6.45, 7) is 3.00. The first-order valence-corrected chi connectivity index (χ1v) is 13.5. The summed E-state index contributed by atoms with van der Waals surface area (Å²) in [6.07, 6.45) is 0.286. The lowest BCUT2D eigenvalue weighted by molar-refractivity contribution is -0.140. The van der Waals surface area contributed by atoms with Gasteiger partial charge in [0.2, 0.25) is 11.8 Å². The fourth-order valence-electron chi connectivity index (χ4n) is 3.87. The molecular formula is C27H29ClFN3O4S. The number of benzene rings is 3. The lowest BCUT2D eigenvalue weighted by Gasteiger charge is -2.33. The second kappa shape index (κ2) is 12.2.